The zero-order chi connectivity index (χ0) is 8.97. The van der Waals surface area contributed by atoms with Crippen LogP contribution in [0.1, 0.15) is 12.6 Å². The topological polar surface area (TPSA) is 36.7 Å². The SMILES string of the molecule is Cc1csc(SCC(C)C#N)n1. The van der Waals surface area contributed by atoms with Gasteiger partial charge in [-0.25, -0.2) is 4.98 Å². The van der Waals surface area contributed by atoms with Crippen LogP contribution >= 0.6 is 23.1 Å². The molecule has 0 aliphatic heterocycles. The summed E-state index contributed by atoms with van der Waals surface area (Å²) in [5.74, 6) is 0.947. The molecule has 1 aromatic rings. The van der Waals surface area contributed by atoms with Crippen molar-refractivity contribution in [3.63, 3.8) is 0 Å². The molecule has 1 unspecified atom stereocenters. The van der Waals surface area contributed by atoms with Crippen LogP contribution in [0.2, 0.25) is 0 Å². The minimum Gasteiger partial charge on any atom is -0.235 e. The summed E-state index contributed by atoms with van der Waals surface area (Å²) in [5.41, 5.74) is 1.06. The molecule has 0 aliphatic rings. The minimum atomic E-state index is 0.110. The summed E-state index contributed by atoms with van der Waals surface area (Å²) in [4.78, 5) is 4.29. The fraction of sp³-hybridized carbons (Fsp3) is 0.500. The molecule has 1 rings (SSSR count). The first-order valence-corrected chi connectivity index (χ1v) is 5.53. The number of rotatable bonds is 3. The maximum Gasteiger partial charge on any atom is 0.150 e. The molecule has 12 heavy (non-hydrogen) atoms. The summed E-state index contributed by atoms with van der Waals surface area (Å²) in [6, 6.07) is 2.20. The number of hydrogen-bond donors (Lipinski definition) is 0. The van der Waals surface area contributed by atoms with Crippen LogP contribution in [0, 0.1) is 24.2 Å². The lowest BCUT2D eigenvalue weighted by atomic mass is 10.3. The van der Waals surface area contributed by atoms with Crippen molar-refractivity contribution in [3.05, 3.63) is 11.1 Å². The lowest BCUT2D eigenvalue weighted by molar-refractivity contribution is 0.863. The predicted octanol–water partition coefficient (Wildman–Crippen LogP) is 2.70. The first kappa shape index (κ1) is 9.56. The Hall–Kier alpha value is -0.530. The van der Waals surface area contributed by atoms with Crippen molar-refractivity contribution in [2.75, 3.05) is 5.75 Å². The van der Waals surface area contributed by atoms with Crippen LogP contribution in [0.3, 0.4) is 0 Å². The fourth-order valence-corrected chi connectivity index (χ4v) is 2.45. The van der Waals surface area contributed by atoms with E-state index in [1.807, 2.05) is 19.2 Å². The minimum absolute atomic E-state index is 0.110. The van der Waals surface area contributed by atoms with Crippen LogP contribution in [0.5, 0.6) is 0 Å². The van der Waals surface area contributed by atoms with Gasteiger partial charge in [0, 0.05) is 16.8 Å². The molecule has 1 aromatic heterocycles. The Morgan fingerprint density at radius 3 is 3.08 bits per heavy atom. The van der Waals surface area contributed by atoms with Crippen molar-refractivity contribution in [2.24, 2.45) is 5.92 Å². The van der Waals surface area contributed by atoms with Crippen LogP contribution in [-0.4, -0.2) is 10.7 Å². The zero-order valence-corrected chi connectivity index (χ0v) is 8.71. The van der Waals surface area contributed by atoms with Gasteiger partial charge in [0.25, 0.3) is 0 Å². The second kappa shape index (κ2) is 4.48. The van der Waals surface area contributed by atoms with Gasteiger partial charge in [0.1, 0.15) is 4.34 Å². The van der Waals surface area contributed by atoms with Crippen LogP contribution in [0.25, 0.3) is 0 Å². The highest BCUT2D eigenvalue weighted by Gasteiger charge is 2.03. The Kier molecular flexibility index (Phi) is 3.57. The first-order valence-electron chi connectivity index (χ1n) is 3.67. The number of thioether (sulfide) groups is 1. The van der Waals surface area contributed by atoms with Gasteiger partial charge >= 0.3 is 0 Å². The van der Waals surface area contributed by atoms with Crippen molar-refractivity contribution in [2.45, 2.75) is 18.2 Å². The molecule has 0 saturated carbocycles. The van der Waals surface area contributed by atoms with Crippen molar-refractivity contribution >= 4 is 23.1 Å². The van der Waals surface area contributed by atoms with Gasteiger partial charge in [-0.2, -0.15) is 5.26 Å². The van der Waals surface area contributed by atoms with Gasteiger partial charge in [0.2, 0.25) is 0 Å². The fourth-order valence-electron chi connectivity index (χ4n) is 0.632. The molecule has 0 aliphatic carbocycles. The maximum absolute atomic E-state index is 8.54. The molecule has 64 valence electrons. The van der Waals surface area contributed by atoms with E-state index in [2.05, 4.69) is 11.1 Å². The van der Waals surface area contributed by atoms with Crippen molar-refractivity contribution < 1.29 is 0 Å². The number of nitrogens with zero attached hydrogens (tertiary/aromatic N) is 2. The third kappa shape index (κ3) is 2.84. The Bertz CT molecular complexity index is 287. The third-order valence-corrected chi connectivity index (χ3v) is 3.67. The van der Waals surface area contributed by atoms with E-state index in [9.17, 15) is 0 Å². The van der Waals surface area contributed by atoms with Crippen LogP contribution in [0.4, 0.5) is 0 Å². The van der Waals surface area contributed by atoms with E-state index in [1.165, 1.54) is 0 Å². The molecule has 0 N–H and O–H groups in total. The van der Waals surface area contributed by atoms with Crippen LogP contribution < -0.4 is 0 Å². The molecule has 2 nitrogen and oxygen atoms in total. The van der Waals surface area contributed by atoms with E-state index < -0.39 is 0 Å². The molecule has 0 spiro atoms. The Morgan fingerprint density at radius 2 is 2.58 bits per heavy atom. The van der Waals surface area contributed by atoms with Crippen LogP contribution in [0.15, 0.2) is 9.72 Å². The Morgan fingerprint density at radius 1 is 1.83 bits per heavy atom. The normalized spacial score (nSPS) is 12.4. The lowest BCUT2D eigenvalue weighted by Gasteiger charge is -1.97. The molecule has 1 heterocycles. The second-order valence-electron chi connectivity index (χ2n) is 2.60. The van der Waals surface area contributed by atoms with E-state index in [4.69, 9.17) is 5.26 Å². The average Bonchev–Trinajstić information content (AvgIpc) is 2.47. The largest absolute Gasteiger partial charge is 0.235 e. The quantitative estimate of drug-likeness (QED) is 0.701. The standard InChI is InChI=1S/C8H10N2S2/c1-6(3-9)4-11-8-10-7(2)5-12-8/h5-6H,4H2,1-2H3. The first-order chi connectivity index (χ1) is 5.72. The average molecular weight is 198 g/mol. The lowest BCUT2D eigenvalue weighted by Crippen LogP contribution is -1.92. The molecule has 0 fully saturated rings. The summed E-state index contributed by atoms with van der Waals surface area (Å²) < 4.78 is 1.06. The van der Waals surface area contributed by atoms with E-state index in [-0.39, 0.29) is 5.92 Å². The van der Waals surface area contributed by atoms with Crippen molar-refractivity contribution in [1.29, 1.82) is 5.26 Å². The molecule has 4 heteroatoms. The van der Waals surface area contributed by atoms with Gasteiger partial charge in [0.05, 0.1) is 12.0 Å². The summed E-state index contributed by atoms with van der Waals surface area (Å²) in [6.45, 7) is 3.90. The molecular formula is C8H10N2S2. The van der Waals surface area contributed by atoms with E-state index in [0.717, 1.165) is 15.8 Å². The Labute approximate surface area is 80.6 Å². The molecular weight excluding hydrogens is 188 g/mol. The molecule has 0 amide bonds. The number of hydrogen-bond acceptors (Lipinski definition) is 4. The van der Waals surface area contributed by atoms with Crippen molar-refractivity contribution in [3.8, 4) is 6.07 Å². The summed E-state index contributed by atoms with van der Waals surface area (Å²) in [6.07, 6.45) is 0. The van der Waals surface area contributed by atoms with Gasteiger partial charge < -0.3 is 0 Å². The molecule has 1 atom stereocenters. The highest BCUT2D eigenvalue weighted by Crippen LogP contribution is 2.23. The van der Waals surface area contributed by atoms with Gasteiger partial charge in [0.15, 0.2) is 0 Å². The van der Waals surface area contributed by atoms with Crippen molar-refractivity contribution in [1.82, 2.24) is 4.98 Å². The van der Waals surface area contributed by atoms with Gasteiger partial charge in [-0.1, -0.05) is 11.8 Å². The van der Waals surface area contributed by atoms with Gasteiger partial charge in [-0.15, -0.1) is 11.3 Å². The maximum atomic E-state index is 8.54. The molecule has 0 saturated heterocycles. The van der Waals surface area contributed by atoms with Gasteiger partial charge in [-0.3, -0.25) is 0 Å². The zero-order valence-electron chi connectivity index (χ0n) is 7.07. The Balaban J connectivity index is 2.39. The second-order valence-corrected chi connectivity index (χ2v) is 4.72. The van der Waals surface area contributed by atoms with E-state index >= 15 is 0 Å². The summed E-state index contributed by atoms with van der Waals surface area (Å²) >= 11 is 3.30. The molecule has 0 radical (unpaired) electrons. The summed E-state index contributed by atoms with van der Waals surface area (Å²) in [5, 5.41) is 10.6. The molecule has 0 bridgehead atoms. The number of aryl methyl sites for hydroxylation is 1. The number of aromatic nitrogens is 1. The highest BCUT2D eigenvalue weighted by atomic mass is 32.2. The van der Waals surface area contributed by atoms with E-state index in [0.29, 0.717) is 0 Å². The van der Waals surface area contributed by atoms with Crippen LogP contribution in [-0.2, 0) is 0 Å². The third-order valence-electron chi connectivity index (χ3n) is 1.28. The predicted molar refractivity (Wildman–Crippen MR) is 52.4 cm³/mol. The van der Waals surface area contributed by atoms with Gasteiger partial charge in [-0.05, 0) is 13.8 Å². The monoisotopic (exact) mass is 198 g/mol. The number of nitriles is 1. The smallest absolute Gasteiger partial charge is 0.150 e. The summed E-state index contributed by atoms with van der Waals surface area (Å²) in [7, 11) is 0. The van der Waals surface area contributed by atoms with E-state index in [1.54, 1.807) is 23.1 Å². The highest BCUT2D eigenvalue weighted by molar-refractivity contribution is 8.01. The number of thiazole rings is 1. The molecule has 0 aromatic carbocycles.